The number of fused-ring (bicyclic) bond motifs is 1. The maximum Gasteiger partial charge on any atom is 0.260 e. The van der Waals surface area contributed by atoms with Crippen molar-refractivity contribution in [3.63, 3.8) is 0 Å². The number of nitrogens with one attached hydrogen (secondary N) is 2. The molecular formula is C20H20ClN3O3. The molecule has 2 amide bonds. The Hall–Kier alpha value is -2.73. The minimum atomic E-state index is -0.550. The average molecular weight is 386 g/mol. The first kappa shape index (κ1) is 17.7. The summed E-state index contributed by atoms with van der Waals surface area (Å²) in [6.45, 7) is 1.09. The van der Waals surface area contributed by atoms with E-state index in [0.717, 1.165) is 5.69 Å². The molecule has 2 aliphatic rings. The Morgan fingerprint density at radius 1 is 1.11 bits per heavy atom. The molecule has 1 fully saturated rings. The van der Waals surface area contributed by atoms with Gasteiger partial charge in [-0.25, -0.2) is 0 Å². The molecule has 4 rings (SSSR count). The maximum absolute atomic E-state index is 12.5. The fraction of sp³-hybridized carbons (Fsp3) is 0.300. The van der Waals surface area contributed by atoms with Crippen LogP contribution in [0.25, 0.3) is 0 Å². The zero-order valence-corrected chi connectivity index (χ0v) is 15.5. The number of piperidine rings is 1. The van der Waals surface area contributed by atoms with Gasteiger partial charge in [0.05, 0.1) is 11.3 Å². The number of hydrogen-bond acceptors (Lipinski definition) is 4. The van der Waals surface area contributed by atoms with Crippen LogP contribution in [-0.2, 0) is 4.79 Å². The first-order chi connectivity index (χ1) is 13.0. The summed E-state index contributed by atoms with van der Waals surface area (Å²) in [6, 6.07) is 14.5. The monoisotopic (exact) mass is 385 g/mol. The highest BCUT2D eigenvalue weighted by Crippen LogP contribution is 2.33. The number of anilines is 1. The van der Waals surface area contributed by atoms with Crippen molar-refractivity contribution < 1.29 is 14.3 Å². The van der Waals surface area contributed by atoms with Crippen LogP contribution in [0.15, 0.2) is 48.5 Å². The number of para-hydroxylation sites is 1. The Morgan fingerprint density at radius 2 is 1.85 bits per heavy atom. The second kappa shape index (κ2) is 7.12. The van der Waals surface area contributed by atoms with E-state index < -0.39 is 5.66 Å². The summed E-state index contributed by atoms with van der Waals surface area (Å²) in [4.78, 5) is 26.6. The van der Waals surface area contributed by atoms with Crippen LogP contribution in [-0.4, -0.2) is 42.1 Å². The Labute approximate surface area is 162 Å². The van der Waals surface area contributed by atoms with E-state index in [0.29, 0.717) is 42.3 Å². The van der Waals surface area contributed by atoms with Crippen LogP contribution < -0.4 is 15.4 Å². The molecule has 2 N–H and O–H groups in total. The quantitative estimate of drug-likeness (QED) is 0.852. The first-order valence-electron chi connectivity index (χ1n) is 8.91. The summed E-state index contributed by atoms with van der Waals surface area (Å²) in [5.74, 6) is 0.501. The number of carbonyl (C=O) groups excluding carboxylic acids is 2. The van der Waals surface area contributed by atoms with E-state index in [1.165, 1.54) is 0 Å². The molecule has 0 radical (unpaired) electrons. The van der Waals surface area contributed by atoms with Crippen LogP contribution in [0.2, 0.25) is 5.02 Å². The molecule has 0 bridgehead atoms. The van der Waals surface area contributed by atoms with Gasteiger partial charge < -0.3 is 20.3 Å². The molecule has 0 aromatic heterocycles. The largest absolute Gasteiger partial charge is 0.484 e. The van der Waals surface area contributed by atoms with Crippen LogP contribution >= 0.6 is 11.6 Å². The topological polar surface area (TPSA) is 70.7 Å². The van der Waals surface area contributed by atoms with E-state index in [1.807, 2.05) is 30.3 Å². The predicted molar refractivity (Wildman–Crippen MR) is 103 cm³/mol. The van der Waals surface area contributed by atoms with Gasteiger partial charge in [0.25, 0.3) is 11.8 Å². The van der Waals surface area contributed by atoms with Gasteiger partial charge in [-0.2, -0.15) is 0 Å². The van der Waals surface area contributed by atoms with Crippen molar-refractivity contribution in [2.75, 3.05) is 25.0 Å². The third-order valence-electron chi connectivity index (χ3n) is 5.03. The minimum absolute atomic E-state index is 0.00917. The Bertz CT molecular complexity index is 864. The average Bonchev–Trinajstić information content (AvgIpc) is 2.67. The third kappa shape index (κ3) is 3.71. The first-order valence-corrected chi connectivity index (χ1v) is 9.28. The van der Waals surface area contributed by atoms with Crippen LogP contribution in [0.1, 0.15) is 23.2 Å². The normalized spacial score (nSPS) is 17.7. The van der Waals surface area contributed by atoms with E-state index in [-0.39, 0.29) is 18.4 Å². The van der Waals surface area contributed by atoms with Crippen LogP contribution in [0.4, 0.5) is 5.69 Å². The number of ether oxygens (including phenoxy) is 1. The Kier molecular flexibility index (Phi) is 4.66. The molecule has 7 heteroatoms. The number of likely N-dealkylation sites (tertiary alicyclic amines) is 1. The second-order valence-electron chi connectivity index (χ2n) is 6.83. The molecule has 6 nitrogen and oxygen atoms in total. The van der Waals surface area contributed by atoms with E-state index in [1.54, 1.807) is 23.1 Å². The third-order valence-corrected chi connectivity index (χ3v) is 5.26. The lowest BCUT2D eigenvalue weighted by atomic mass is 9.92. The van der Waals surface area contributed by atoms with Crippen LogP contribution in [0, 0.1) is 0 Å². The van der Waals surface area contributed by atoms with Crippen LogP contribution in [0.5, 0.6) is 5.75 Å². The fourth-order valence-electron chi connectivity index (χ4n) is 3.53. The second-order valence-corrected chi connectivity index (χ2v) is 7.27. The van der Waals surface area contributed by atoms with Gasteiger partial charge in [-0.15, -0.1) is 0 Å². The fourth-order valence-corrected chi connectivity index (χ4v) is 3.70. The van der Waals surface area contributed by atoms with E-state index >= 15 is 0 Å². The van der Waals surface area contributed by atoms with Gasteiger partial charge in [0.2, 0.25) is 0 Å². The molecule has 140 valence electrons. The summed E-state index contributed by atoms with van der Waals surface area (Å²) in [7, 11) is 0. The number of benzene rings is 2. The van der Waals surface area contributed by atoms with Gasteiger partial charge in [0.15, 0.2) is 6.61 Å². The highest BCUT2D eigenvalue weighted by Gasteiger charge is 2.41. The molecule has 2 aromatic carbocycles. The molecule has 27 heavy (non-hydrogen) atoms. The van der Waals surface area contributed by atoms with Crippen molar-refractivity contribution in [1.82, 2.24) is 10.2 Å². The summed E-state index contributed by atoms with van der Waals surface area (Å²) >= 11 is 6.06. The van der Waals surface area contributed by atoms with Crippen molar-refractivity contribution in [3.8, 4) is 5.75 Å². The van der Waals surface area contributed by atoms with Gasteiger partial charge in [0.1, 0.15) is 11.4 Å². The van der Waals surface area contributed by atoms with Crippen molar-refractivity contribution in [2.45, 2.75) is 18.5 Å². The van der Waals surface area contributed by atoms with Crippen molar-refractivity contribution in [1.29, 1.82) is 0 Å². The Morgan fingerprint density at radius 3 is 2.59 bits per heavy atom. The Balaban J connectivity index is 1.37. The highest BCUT2D eigenvalue weighted by molar-refractivity contribution is 6.31. The molecule has 1 saturated heterocycles. The summed E-state index contributed by atoms with van der Waals surface area (Å²) < 4.78 is 5.54. The zero-order chi connectivity index (χ0) is 18.9. The smallest absolute Gasteiger partial charge is 0.260 e. The van der Waals surface area contributed by atoms with E-state index in [2.05, 4.69) is 10.6 Å². The maximum atomic E-state index is 12.5. The van der Waals surface area contributed by atoms with Gasteiger partial charge in [-0.1, -0.05) is 29.8 Å². The molecule has 0 saturated carbocycles. The number of hydrogen-bond donors (Lipinski definition) is 2. The lowest BCUT2D eigenvalue weighted by Crippen LogP contribution is -2.63. The highest BCUT2D eigenvalue weighted by atomic mass is 35.5. The lowest BCUT2D eigenvalue weighted by Gasteiger charge is -2.45. The molecule has 1 spiro atoms. The molecule has 0 unspecified atom stereocenters. The summed E-state index contributed by atoms with van der Waals surface area (Å²) in [6.07, 6.45) is 1.23. The standard InChI is InChI=1S/C20H20ClN3O3/c21-14-6-7-16-17(12-14)22-20(23-19(16)26)8-10-24(11-9-20)18(25)13-27-15-4-2-1-3-5-15/h1-7,12,22H,8-11,13H2,(H,23,26). The van der Waals surface area contributed by atoms with Crippen LogP contribution in [0.3, 0.4) is 0 Å². The lowest BCUT2D eigenvalue weighted by molar-refractivity contribution is -0.134. The summed E-state index contributed by atoms with van der Waals surface area (Å²) in [5.41, 5.74) is 0.768. The molecule has 2 aliphatic heterocycles. The van der Waals surface area contributed by atoms with Gasteiger partial charge in [-0.3, -0.25) is 9.59 Å². The predicted octanol–water partition coefficient (Wildman–Crippen LogP) is 2.89. The van der Waals surface area contributed by atoms with Gasteiger partial charge in [-0.05, 0) is 30.3 Å². The molecule has 0 atom stereocenters. The molecule has 2 heterocycles. The summed E-state index contributed by atoms with van der Waals surface area (Å²) in [5, 5.41) is 7.06. The zero-order valence-electron chi connectivity index (χ0n) is 14.7. The molecule has 2 aromatic rings. The van der Waals surface area contributed by atoms with E-state index in [9.17, 15) is 9.59 Å². The van der Waals surface area contributed by atoms with Crippen molar-refractivity contribution in [3.05, 3.63) is 59.1 Å². The molecular weight excluding hydrogens is 366 g/mol. The number of halogens is 1. The van der Waals surface area contributed by atoms with Crippen molar-refractivity contribution in [2.24, 2.45) is 0 Å². The number of amides is 2. The number of carbonyl (C=O) groups is 2. The molecule has 0 aliphatic carbocycles. The number of rotatable bonds is 3. The SMILES string of the molecule is O=C1NC2(CCN(C(=O)COc3ccccc3)CC2)Nc2cc(Cl)ccc21. The minimum Gasteiger partial charge on any atom is -0.484 e. The number of nitrogens with zero attached hydrogens (tertiary/aromatic N) is 1. The van der Waals surface area contributed by atoms with Gasteiger partial charge >= 0.3 is 0 Å². The van der Waals surface area contributed by atoms with Crippen molar-refractivity contribution >= 4 is 29.1 Å². The van der Waals surface area contributed by atoms with E-state index in [4.69, 9.17) is 16.3 Å². The van der Waals surface area contributed by atoms with Gasteiger partial charge in [0, 0.05) is 31.0 Å².